The molecular formula is C20H19N5O3. The topological polar surface area (TPSA) is 116 Å². The maximum Gasteiger partial charge on any atom is 0.310 e. The molecule has 3 aromatic rings. The highest BCUT2D eigenvalue weighted by molar-refractivity contribution is 5.72. The fourth-order valence-corrected chi connectivity index (χ4v) is 3.47. The predicted octanol–water partition coefficient (Wildman–Crippen LogP) is 2.00. The number of nitrogens with two attached hydrogens (primary N) is 1. The van der Waals surface area contributed by atoms with Crippen molar-refractivity contribution in [2.24, 2.45) is 0 Å². The smallest absolute Gasteiger partial charge is 0.310 e. The van der Waals surface area contributed by atoms with Gasteiger partial charge < -0.3 is 15.2 Å². The monoisotopic (exact) mass is 377 g/mol. The first kappa shape index (κ1) is 17.9. The van der Waals surface area contributed by atoms with Gasteiger partial charge in [-0.1, -0.05) is 30.3 Å². The van der Waals surface area contributed by atoms with E-state index in [1.165, 1.54) is 6.33 Å². The molecule has 0 radical (unpaired) electrons. The van der Waals surface area contributed by atoms with Crippen molar-refractivity contribution in [1.29, 1.82) is 5.26 Å². The van der Waals surface area contributed by atoms with Crippen LogP contribution in [0.4, 0.5) is 5.82 Å². The molecule has 3 heterocycles. The summed E-state index contributed by atoms with van der Waals surface area (Å²) in [5.41, 5.74) is 6.81. The number of nitrogen functional groups attached to an aromatic ring is 1. The minimum atomic E-state index is -1.16. The van der Waals surface area contributed by atoms with Gasteiger partial charge in [-0.3, -0.25) is 4.79 Å². The summed E-state index contributed by atoms with van der Waals surface area (Å²) >= 11 is 0. The highest BCUT2D eigenvalue weighted by Gasteiger charge is 2.45. The van der Waals surface area contributed by atoms with Crippen molar-refractivity contribution < 1.29 is 14.3 Å². The lowest BCUT2D eigenvalue weighted by atomic mass is 9.98. The molecule has 0 aliphatic carbocycles. The second-order valence-corrected chi connectivity index (χ2v) is 6.72. The van der Waals surface area contributed by atoms with Crippen molar-refractivity contribution in [3.05, 3.63) is 60.0 Å². The number of nitrogens with zero attached hydrogens (tertiary/aromatic N) is 4. The van der Waals surface area contributed by atoms with Gasteiger partial charge in [0.15, 0.2) is 11.4 Å². The highest BCUT2D eigenvalue weighted by Crippen LogP contribution is 2.39. The average molecular weight is 377 g/mol. The fraction of sp³-hybridized carbons (Fsp3) is 0.300. The molecule has 28 heavy (non-hydrogen) atoms. The quantitative estimate of drug-likeness (QED) is 0.676. The molecule has 0 amide bonds. The zero-order chi connectivity index (χ0) is 19.6. The summed E-state index contributed by atoms with van der Waals surface area (Å²) in [5.74, 6) is 0.0108. The Morgan fingerprint density at radius 1 is 1.36 bits per heavy atom. The largest absolute Gasteiger partial charge is 0.463 e. The van der Waals surface area contributed by atoms with Crippen LogP contribution in [0.5, 0.6) is 0 Å². The zero-order valence-corrected chi connectivity index (χ0v) is 15.1. The first-order valence-electron chi connectivity index (χ1n) is 8.98. The van der Waals surface area contributed by atoms with Crippen LogP contribution in [0.1, 0.15) is 24.1 Å². The minimum Gasteiger partial charge on any atom is -0.463 e. The molecule has 2 atom stereocenters. The maximum atomic E-state index is 12.1. The van der Waals surface area contributed by atoms with Gasteiger partial charge in [0.25, 0.3) is 0 Å². The number of fused-ring (bicyclic) bond motifs is 1. The van der Waals surface area contributed by atoms with Crippen molar-refractivity contribution in [2.75, 3.05) is 12.3 Å². The Morgan fingerprint density at radius 2 is 2.18 bits per heavy atom. The van der Waals surface area contributed by atoms with E-state index in [4.69, 9.17) is 15.2 Å². The standard InChI is InChI=1S/C20H19N5O3/c21-12-20(17-7-6-16-19(22)23-13-24-25(16)17)9-8-15(28-20)11-27-18(26)10-14-4-2-1-3-5-14/h1-7,13,15H,8-11H2,(H2,22,23,24)/t15-,20-/m0/s1. The van der Waals surface area contributed by atoms with E-state index in [-0.39, 0.29) is 25.1 Å². The summed E-state index contributed by atoms with van der Waals surface area (Å²) in [6.45, 7) is 0.107. The third kappa shape index (κ3) is 3.28. The van der Waals surface area contributed by atoms with E-state index in [2.05, 4.69) is 16.2 Å². The molecule has 4 rings (SSSR count). The lowest BCUT2D eigenvalue weighted by molar-refractivity contribution is -0.148. The summed E-state index contributed by atoms with van der Waals surface area (Å²) in [6.07, 6.45) is 2.26. The number of ether oxygens (including phenoxy) is 2. The highest BCUT2D eigenvalue weighted by atomic mass is 16.6. The van der Waals surface area contributed by atoms with Crippen LogP contribution >= 0.6 is 0 Å². The predicted molar refractivity (Wildman–Crippen MR) is 99.9 cm³/mol. The molecule has 0 unspecified atom stereocenters. The average Bonchev–Trinajstić information content (AvgIpc) is 3.33. The number of hydrogen-bond donors (Lipinski definition) is 1. The van der Waals surface area contributed by atoms with E-state index in [0.29, 0.717) is 29.9 Å². The van der Waals surface area contributed by atoms with Gasteiger partial charge in [0.2, 0.25) is 0 Å². The molecule has 0 spiro atoms. The number of esters is 1. The van der Waals surface area contributed by atoms with Crippen LogP contribution in [0.2, 0.25) is 0 Å². The number of anilines is 1. The second kappa shape index (κ2) is 7.29. The Bertz CT molecular complexity index is 1040. The van der Waals surface area contributed by atoms with Gasteiger partial charge in [0.05, 0.1) is 18.2 Å². The van der Waals surface area contributed by atoms with Gasteiger partial charge in [-0.15, -0.1) is 0 Å². The Labute approximate surface area is 161 Å². The van der Waals surface area contributed by atoms with Crippen LogP contribution in [0.15, 0.2) is 48.8 Å². The molecule has 1 aliphatic heterocycles. The molecule has 2 aromatic heterocycles. The number of benzene rings is 1. The van der Waals surface area contributed by atoms with E-state index in [1.54, 1.807) is 16.6 Å². The van der Waals surface area contributed by atoms with E-state index in [9.17, 15) is 10.1 Å². The van der Waals surface area contributed by atoms with E-state index < -0.39 is 5.60 Å². The fourth-order valence-electron chi connectivity index (χ4n) is 3.47. The van der Waals surface area contributed by atoms with E-state index in [1.807, 2.05) is 30.3 Å². The number of carbonyl (C=O) groups excluding carboxylic acids is 1. The number of carbonyl (C=O) groups is 1. The molecule has 1 aromatic carbocycles. The van der Waals surface area contributed by atoms with Crippen molar-refractivity contribution in [3.8, 4) is 6.07 Å². The summed E-state index contributed by atoms with van der Waals surface area (Å²) in [4.78, 5) is 16.0. The molecule has 8 nitrogen and oxygen atoms in total. The van der Waals surface area contributed by atoms with Crippen LogP contribution in [0, 0.1) is 11.3 Å². The number of nitriles is 1. The number of rotatable bonds is 5. The molecule has 8 heteroatoms. The first-order valence-corrected chi connectivity index (χ1v) is 8.98. The molecule has 0 bridgehead atoms. The lowest BCUT2D eigenvalue weighted by Gasteiger charge is -2.21. The normalized spacial score (nSPS) is 21.5. The summed E-state index contributed by atoms with van der Waals surface area (Å²) in [7, 11) is 0. The zero-order valence-electron chi connectivity index (χ0n) is 15.1. The van der Waals surface area contributed by atoms with Crippen molar-refractivity contribution in [1.82, 2.24) is 14.6 Å². The molecule has 2 N–H and O–H groups in total. The maximum absolute atomic E-state index is 12.1. The van der Waals surface area contributed by atoms with Crippen molar-refractivity contribution >= 4 is 17.3 Å². The molecular weight excluding hydrogens is 358 g/mol. The lowest BCUT2D eigenvalue weighted by Crippen LogP contribution is -2.29. The second-order valence-electron chi connectivity index (χ2n) is 6.72. The van der Waals surface area contributed by atoms with E-state index >= 15 is 0 Å². The van der Waals surface area contributed by atoms with Gasteiger partial charge in [-0.05, 0) is 30.5 Å². The SMILES string of the molecule is N#C[C@]1(c2ccc3c(N)ncnn23)CC[C@@H](COC(=O)Cc2ccccc2)O1. The summed E-state index contributed by atoms with van der Waals surface area (Å²) in [6, 6.07) is 15.2. The third-order valence-electron chi connectivity index (χ3n) is 4.88. The van der Waals surface area contributed by atoms with Crippen LogP contribution in [0.3, 0.4) is 0 Å². The van der Waals surface area contributed by atoms with Crippen LogP contribution in [0.25, 0.3) is 5.52 Å². The molecule has 1 saturated heterocycles. The van der Waals surface area contributed by atoms with Gasteiger partial charge >= 0.3 is 5.97 Å². The number of aromatic nitrogens is 3. The van der Waals surface area contributed by atoms with Crippen LogP contribution in [-0.2, 0) is 26.3 Å². The van der Waals surface area contributed by atoms with Crippen molar-refractivity contribution in [3.63, 3.8) is 0 Å². The molecule has 1 aliphatic rings. The first-order chi connectivity index (χ1) is 13.6. The Balaban J connectivity index is 1.44. The van der Waals surface area contributed by atoms with Gasteiger partial charge in [-0.25, -0.2) is 9.50 Å². The van der Waals surface area contributed by atoms with Crippen LogP contribution in [-0.4, -0.2) is 33.3 Å². The molecule has 142 valence electrons. The van der Waals surface area contributed by atoms with Gasteiger partial charge in [0.1, 0.15) is 24.5 Å². The van der Waals surface area contributed by atoms with Gasteiger partial charge in [-0.2, -0.15) is 10.4 Å². The minimum absolute atomic E-state index is 0.107. The van der Waals surface area contributed by atoms with Crippen LogP contribution < -0.4 is 5.73 Å². The summed E-state index contributed by atoms with van der Waals surface area (Å²) < 4.78 is 13.0. The molecule has 0 saturated carbocycles. The Hall–Kier alpha value is -3.44. The third-order valence-corrected chi connectivity index (χ3v) is 4.88. The van der Waals surface area contributed by atoms with Gasteiger partial charge in [0, 0.05) is 0 Å². The Morgan fingerprint density at radius 3 is 2.96 bits per heavy atom. The van der Waals surface area contributed by atoms with Crippen molar-refractivity contribution in [2.45, 2.75) is 31.0 Å². The summed E-state index contributed by atoms with van der Waals surface area (Å²) in [5, 5.41) is 14.0. The number of hydrogen-bond acceptors (Lipinski definition) is 7. The Kier molecular flexibility index (Phi) is 4.67. The van der Waals surface area contributed by atoms with E-state index in [0.717, 1.165) is 5.56 Å². The molecule has 1 fully saturated rings.